The molecule has 8 nitrogen and oxygen atoms in total. The van der Waals surface area contributed by atoms with Crippen molar-refractivity contribution in [3.8, 4) is 0 Å². The van der Waals surface area contributed by atoms with Gasteiger partial charge in [0.15, 0.2) is 17.7 Å². The van der Waals surface area contributed by atoms with E-state index in [0.29, 0.717) is 11.2 Å². The van der Waals surface area contributed by atoms with E-state index in [0.717, 1.165) is 0 Å². The molecule has 3 rings (SSSR count). The first kappa shape index (κ1) is 15.8. The van der Waals surface area contributed by atoms with Gasteiger partial charge in [-0.1, -0.05) is 0 Å². The predicted molar refractivity (Wildman–Crippen MR) is 86.5 cm³/mol. The molecular weight excluding hydrogens is 326 g/mol. The molecule has 22 heavy (non-hydrogen) atoms. The van der Waals surface area contributed by atoms with Crippen molar-refractivity contribution in [1.29, 1.82) is 0 Å². The minimum absolute atomic E-state index is 0.0177. The predicted octanol–water partition coefficient (Wildman–Crippen LogP) is 0.0798. The van der Waals surface area contributed by atoms with Gasteiger partial charge in [-0.3, -0.25) is 4.57 Å². The van der Waals surface area contributed by atoms with Crippen LogP contribution in [-0.2, 0) is 4.74 Å². The largest absolute Gasteiger partial charge is 0.387 e. The normalized spacial score (nSPS) is 28.8. The summed E-state index contributed by atoms with van der Waals surface area (Å²) in [4.78, 5) is 12.2. The summed E-state index contributed by atoms with van der Waals surface area (Å²) < 4.78 is 7.50. The van der Waals surface area contributed by atoms with Gasteiger partial charge in [0.2, 0.25) is 0 Å². The van der Waals surface area contributed by atoms with Crippen LogP contribution >= 0.6 is 23.5 Å². The highest BCUT2D eigenvalue weighted by molar-refractivity contribution is 8.16. The van der Waals surface area contributed by atoms with Gasteiger partial charge in [-0.25, -0.2) is 15.0 Å². The van der Waals surface area contributed by atoms with Crippen molar-refractivity contribution >= 4 is 40.5 Å². The van der Waals surface area contributed by atoms with Crippen molar-refractivity contribution in [2.24, 2.45) is 0 Å². The van der Waals surface area contributed by atoms with Crippen molar-refractivity contribution < 1.29 is 14.9 Å². The third-order valence-electron chi connectivity index (χ3n) is 3.67. The van der Waals surface area contributed by atoms with Crippen molar-refractivity contribution in [2.45, 2.75) is 29.1 Å². The maximum atomic E-state index is 10.4. The summed E-state index contributed by atoms with van der Waals surface area (Å²) in [5.41, 5.74) is 6.68. The number of imidazole rings is 1. The molecule has 0 aliphatic carbocycles. The van der Waals surface area contributed by atoms with Gasteiger partial charge in [0.05, 0.1) is 10.9 Å². The first-order chi connectivity index (χ1) is 10.6. The van der Waals surface area contributed by atoms with Crippen LogP contribution in [0.4, 0.5) is 5.82 Å². The molecule has 4 atom stereocenters. The molecule has 2 aromatic heterocycles. The van der Waals surface area contributed by atoms with Crippen LogP contribution in [0.15, 0.2) is 12.7 Å². The number of nitrogen functional groups attached to an aromatic ring is 1. The van der Waals surface area contributed by atoms with E-state index >= 15 is 0 Å². The van der Waals surface area contributed by atoms with Crippen LogP contribution < -0.4 is 5.73 Å². The molecule has 0 bridgehead atoms. The highest BCUT2D eigenvalue weighted by atomic mass is 32.2. The number of rotatable bonds is 4. The number of nitrogens with zero attached hydrogens (tertiary/aromatic N) is 4. The number of aliphatic hydroxyl groups excluding tert-OH is 2. The summed E-state index contributed by atoms with van der Waals surface area (Å²) in [7, 11) is 0. The highest BCUT2D eigenvalue weighted by Gasteiger charge is 2.47. The Kier molecular flexibility index (Phi) is 4.46. The fourth-order valence-corrected chi connectivity index (χ4v) is 4.32. The van der Waals surface area contributed by atoms with E-state index < -0.39 is 24.5 Å². The molecule has 3 heterocycles. The summed E-state index contributed by atoms with van der Waals surface area (Å²) >= 11 is 3.15. The van der Waals surface area contributed by atoms with Gasteiger partial charge >= 0.3 is 0 Å². The molecular formula is C12H17N5O3S2. The Labute approximate surface area is 135 Å². The number of aliphatic hydroxyl groups is 2. The lowest BCUT2D eigenvalue weighted by molar-refractivity contribution is -0.0304. The third-order valence-corrected chi connectivity index (χ3v) is 6.29. The van der Waals surface area contributed by atoms with Gasteiger partial charge in [-0.15, -0.1) is 23.5 Å². The van der Waals surface area contributed by atoms with Crippen LogP contribution in [0.3, 0.4) is 0 Å². The van der Waals surface area contributed by atoms with Crippen molar-refractivity contribution in [1.82, 2.24) is 19.5 Å². The highest BCUT2D eigenvalue weighted by Crippen LogP contribution is 2.38. The second kappa shape index (κ2) is 6.20. The Hall–Kier alpha value is -1.07. The van der Waals surface area contributed by atoms with Gasteiger partial charge in [0, 0.05) is 0 Å². The number of nitrogens with two attached hydrogens (primary N) is 1. The second-order valence-electron chi connectivity index (χ2n) is 4.90. The van der Waals surface area contributed by atoms with Crippen molar-refractivity contribution in [3.63, 3.8) is 0 Å². The van der Waals surface area contributed by atoms with Gasteiger partial charge in [0.25, 0.3) is 0 Å². The van der Waals surface area contributed by atoms with E-state index in [1.165, 1.54) is 12.7 Å². The maximum absolute atomic E-state index is 10.4. The standard InChI is InChI=1S/C12H17N5O3S2/c1-21-12(22-2)8-6(18)7(19)11(20-8)17-4-16-5-9(13)14-3-15-10(5)17/h3-4,6-8,11-12,18-19H,1-2H3,(H2,13,14,15). The van der Waals surface area contributed by atoms with Crippen LogP contribution in [0.25, 0.3) is 11.2 Å². The summed E-state index contributed by atoms with van der Waals surface area (Å²) in [6, 6.07) is 0. The monoisotopic (exact) mass is 343 g/mol. The van der Waals surface area contributed by atoms with Crippen LogP contribution in [-0.4, -0.2) is 65.1 Å². The zero-order chi connectivity index (χ0) is 15.9. The lowest BCUT2D eigenvalue weighted by Crippen LogP contribution is -2.35. The van der Waals surface area contributed by atoms with Crippen LogP contribution in [0, 0.1) is 0 Å². The van der Waals surface area contributed by atoms with Crippen LogP contribution in [0.1, 0.15) is 6.23 Å². The molecule has 0 radical (unpaired) electrons. The van der Waals surface area contributed by atoms with Crippen molar-refractivity contribution in [2.75, 3.05) is 18.2 Å². The molecule has 4 unspecified atom stereocenters. The fourth-order valence-electron chi connectivity index (χ4n) is 2.56. The number of ether oxygens (including phenoxy) is 1. The molecule has 2 aromatic rings. The van der Waals surface area contributed by atoms with Crippen molar-refractivity contribution in [3.05, 3.63) is 12.7 Å². The van der Waals surface area contributed by atoms with Crippen LogP contribution in [0.5, 0.6) is 0 Å². The van der Waals surface area contributed by atoms with E-state index in [2.05, 4.69) is 15.0 Å². The average molecular weight is 343 g/mol. The first-order valence-corrected chi connectivity index (χ1v) is 9.16. The van der Waals surface area contributed by atoms with Gasteiger partial charge in [0.1, 0.15) is 30.2 Å². The summed E-state index contributed by atoms with van der Waals surface area (Å²) in [6.07, 6.45) is 3.41. The second-order valence-corrected chi connectivity index (χ2v) is 7.15. The Morgan fingerprint density at radius 2 is 1.95 bits per heavy atom. The molecule has 10 heteroatoms. The lowest BCUT2D eigenvalue weighted by Gasteiger charge is -2.22. The SMILES string of the molecule is CSC(SC)C1OC(n2cnc3c(N)ncnc32)C(O)C1O. The number of hydrogen-bond donors (Lipinski definition) is 3. The molecule has 1 saturated heterocycles. The van der Waals surface area contributed by atoms with E-state index in [9.17, 15) is 10.2 Å². The summed E-state index contributed by atoms with van der Waals surface area (Å²) in [5.74, 6) is 0.263. The molecule has 0 aromatic carbocycles. The Balaban J connectivity index is 1.96. The minimum Gasteiger partial charge on any atom is -0.387 e. The number of thioether (sulfide) groups is 2. The molecule has 4 N–H and O–H groups in total. The molecule has 1 aliphatic rings. The number of aromatic nitrogens is 4. The Morgan fingerprint density at radius 1 is 1.23 bits per heavy atom. The summed E-state index contributed by atoms with van der Waals surface area (Å²) in [6.45, 7) is 0. The third kappa shape index (κ3) is 2.44. The Bertz CT molecular complexity index is 665. The smallest absolute Gasteiger partial charge is 0.167 e. The van der Waals surface area contributed by atoms with Crippen LogP contribution in [0.2, 0.25) is 0 Å². The zero-order valence-corrected chi connectivity index (χ0v) is 13.7. The number of fused-ring (bicyclic) bond motifs is 1. The number of hydrogen-bond acceptors (Lipinski definition) is 9. The Morgan fingerprint density at radius 3 is 2.64 bits per heavy atom. The average Bonchev–Trinajstić information content (AvgIpc) is 3.06. The number of anilines is 1. The summed E-state index contributed by atoms with van der Waals surface area (Å²) in [5, 5.41) is 20.6. The first-order valence-electron chi connectivity index (χ1n) is 6.58. The molecule has 1 fully saturated rings. The fraction of sp³-hybridized carbons (Fsp3) is 0.583. The molecule has 0 saturated carbocycles. The van der Waals surface area contributed by atoms with Gasteiger partial charge < -0.3 is 20.7 Å². The van der Waals surface area contributed by atoms with Gasteiger partial charge in [-0.05, 0) is 12.5 Å². The quantitative estimate of drug-likeness (QED) is 0.663. The van der Waals surface area contributed by atoms with E-state index in [1.807, 2.05) is 12.5 Å². The minimum atomic E-state index is -1.07. The van der Waals surface area contributed by atoms with E-state index in [4.69, 9.17) is 10.5 Å². The van der Waals surface area contributed by atoms with E-state index in [-0.39, 0.29) is 10.4 Å². The molecule has 0 amide bonds. The molecule has 0 spiro atoms. The maximum Gasteiger partial charge on any atom is 0.167 e. The molecule has 120 valence electrons. The zero-order valence-electron chi connectivity index (χ0n) is 12.0. The van der Waals surface area contributed by atoms with Gasteiger partial charge in [-0.2, -0.15) is 0 Å². The topological polar surface area (TPSA) is 119 Å². The molecule has 1 aliphatic heterocycles. The lowest BCUT2D eigenvalue weighted by atomic mass is 10.1. The van der Waals surface area contributed by atoms with E-state index in [1.54, 1.807) is 28.1 Å².